The molecule has 2 fully saturated rings. The Morgan fingerprint density at radius 2 is 1.50 bits per heavy atom. The topological polar surface area (TPSA) is 214 Å². The molecule has 2 aromatic rings. The van der Waals surface area contributed by atoms with Crippen molar-refractivity contribution >= 4 is 5.78 Å². The molecule has 0 unspecified atom stereocenters. The van der Waals surface area contributed by atoms with Crippen LogP contribution in [0.4, 0.5) is 0 Å². The average molecular weight is 595 g/mol. The SMILES string of the molecule is COc1ccc([C@H]2CC(=O)c3c(O)cc(O[C@@H]4O[C@H](CO[C@@H]5O[C@@H](C)[C@H](O)[C@@H](O)[C@H]5O)[C@@H](O)[C@H](O)[C@H]4O)cc3O2)cc1. The van der Waals surface area contributed by atoms with Gasteiger partial charge in [-0.25, -0.2) is 0 Å². The van der Waals surface area contributed by atoms with E-state index in [2.05, 4.69) is 0 Å². The summed E-state index contributed by atoms with van der Waals surface area (Å²) in [4.78, 5) is 12.9. The molecule has 11 atom stereocenters. The number of aliphatic hydroxyl groups excluding tert-OH is 6. The van der Waals surface area contributed by atoms with Crippen molar-refractivity contribution in [1.82, 2.24) is 0 Å². The van der Waals surface area contributed by atoms with E-state index in [1.165, 1.54) is 20.1 Å². The van der Waals surface area contributed by atoms with Crippen LogP contribution in [0.1, 0.15) is 35.4 Å². The summed E-state index contributed by atoms with van der Waals surface area (Å²) in [5.74, 6) is -0.190. The average Bonchev–Trinajstić information content (AvgIpc) is 2.97. The number of phenols is 1. The zero-order valence-electron chi connectivity index (χ0n) is 22.7. The third-order valence-corrected chi connectivity index (χ3v) is 7.62. The van der Waals surface area contributed by atoms with Gasteiger partial charge in [0.05, 0.1) is 26.2 Å². The van der Waals surface area contributed by atoms with Gasteiger partial charge in [0.2, 0.25) is 6.29 Å². The van der Waals surface area contributed by atoms with Crippen molar-refractivity contribution in [2.24, 2.45) is 0 Å². The summed E-state index contributed by atoms with van der Waals surface area (Å²) in [6, 6.07) is 9.43. The molecule has 5 rings (SSSR count). The lowest BCUT2D eigenvalue weighted by Gasteiger charge is -2.42. The number of methoxy groups -OCH3 is 1. The van der Waals surface area contributed by atoms with E-state index in [4.69, 9.17) is 28.4 Å². The molecule has 3 aliphatic heterocycles. The van der Waals surface area contributed by atoms with E-state index >= 15 is 0 Å². The first-order valence-corrected chi connectivity index (χ1v) is 13.4. The number of aliphatic hydroxyl groups is 6. The van der Waals surface area contributed by atoms with Crippen LogP contribution in [0.15, 0.2) is 36.4 Å². The minimum Gasteiger partial charge on any atom is -0.507 e. The Hall–Kier alpha value is -3.05. The maximum absolute atomic E-state index is 12.9. The van der Waals surface area contributed by atoms with Gasteiger partial charge in [-0.15, -0.1) is 0 Å². The van der Waals surface area contributed by atoms with E-state index < -0.39 is 79.9 Å². The van der Waals surface area contributed by atoms with Gasteiger partial charge in [0.15, 0.2) is 12.1 Å². The Kier molecular flexibility index (Phi) is 8.89. The van der Waals surface area contributed by atoms with E-state index in [0.29, 0.717) is 11.3 Å². The van der Waals surface area contributed by atoms with Gasteiger partial charge in [0.1, 0.15) is 77.4 Å². The number of carbonyl (C=O) groups is 1. The second kappa shape index (κ2) is 12.3. The molecule has 0 aromatic heterocycles. The third kappa shape index (κ3) is 5.90. The van der Waals surface area contributed by atoms with E-state index in [1.54, 1.807) is 24.3 Å². The quantitative estimate of drug-likeness (QED) is 0.208. The number of hydrogen-bond donors (Lipinski definition) is 7. The molecule has 14 heteroatoms. The van der Waals surface area contributed by atoms with Crippen molar-refractivity contribution < 1.29 is 69.0 Å². The lowest BCUT2D eigenvalue weighted by atomic mass is 9.95. The summed E-state index contributed by atoms with van der Waals surface area (Å²) in [6.07, 6.45) is -15.4. The van der Waals surface area contributed by atoms with E-state index in [9.17, 15) is 40.5 Å². The fraction of sp³-hybridized carbons (Fsp3) is 0.536. The number of phenolic OH excluding ortho intramolecular Hbond substituents is 1. The predicted octanol–water partition coefficient (Wildman–Crippen LogP) is -0.862. The number of Topliss-reactive ketones (excluding diaryl/α,β-unsaturated/α-hetero) is 1. The fourth-order valence-electron chi connectivity index (χ4n) is 5.11. The smallest absolute Gasteiger partial charge is 0.229 e. The summed E-state index contributed by atoms with van der Waals surface area (Å²) >= 11 is 0. The van der Waals surface area contributed by atoms with Crippen LogP contribution >= 0.6 is 0 Å². The second-order valence-electron chi connectivity index (χ2n) is 10.5. The van der Waals surface area contributed by atoms with Gasteiger partial charge in [-0.1, -0.05) is 12.1 Å². The maximum Gasteiger partial charge on any atom is 0.229 e. The lowest BCUT2D eigenvalue weighted by Crippen LogP contribution is -2.61. The number of hydrogen-bond acceptors (Lipinski definition) is 14. The molecular formula is C28H34O14. The first-order valence-electron chi connectivity index (χ1n) is 13.4. The van der Waals surface area contributed by atoms with Crippen molar-refractivity contribution in [3.05, 3.63) is 47.5 Å². The predicted molar refractivity (Wildman–Crippen MR) is 139 cm³/mol. The molecule has 42 heavy (non-hydrogen) atoms. The van der Waals surface area contributed by atoms with Crippen molar-refractivity contribution in [2.45, 2.75) is 80.9 Å². The van der Waals surface area contributed by atoms with Crippen LogP contribution < -0.4 is 14.2 Å². The molecule has 0 radical (unpaired) electrons. The van der Waals surface area contributed by atoms with E-state index in [0.717, 1.165) is 6.07 Å². The Labute approximate surface area is 240 Å². The van der Waals surface area contributed by atoms with Crippen LogP contribution in [0.5, 0.6) is 23.0 Å². The first-order chi connectivity index (χ1) is 20.0. The molecule has 14 nitrogen and oxygen atoms in total. The molecule has 7 N–H and O–H groups in total. The molecule has 0 amide bonds. The number of rotatable bonds is 7. The Balaban J connectivity index is 1.29. The van der Waals surface area contributed by atoms with Crippen LogP contribution in [0.25, 0.3) is 0 Å². The summed E-state index contributed by atoms with van der Waals surface area (Å²) in [6.45, 7) is 0.995. The second-order valence-corrected chi connectivity index (χ2v) is 10.5. The van der Waals surface area contributed by atoms with Crippen molar-refractivity contribution in [3.8, 4) is 23.0 Å². The normalized spacial score (nSPS) is 36.6. The number of carbonyl (C=O) groups excluding carboxylic acids is 1. The number of benzene rings is 2. The van der Waals surface area contributed by atoms with E-state index in [-0.39, 0.29) is 29.3 Å². The molecule has 2 aromatic carbocycles. The highest BCUT2D eigenvalue weighted by Crippen LogP contribution is 2.42. The van der Waals surface area contributed by atoms with Crippen LogP contribution in [0.3, 0.4) is 0 Å². The van der Waals surface area contributed by atoms with Crippen molar-refractivity contribution in [3.63, 3.8) is 0 Å². The first kappa shape index (κ1) is 30.4. The molecule has 0 bridgehead atoms. The fourth-order valence-corrected chi connectivity index (χ4v) is 5.11. The Morgan fingerprint density at radius 3 is 2.19 bits per heavy atom. The van der Waals surface area contributed by atoms with Gasteiger partial charge < -0.3 is 64.2 Å². The minimum atomic E-state index is -1.75. The molecule has 3 heterocycles. The largest absolute Gasteiger partial charge is 0.507 e. The minimum absolute atomic E-state index is 0.0164. The van der Waals surface area contributed by atoms with Crippen LogP contribution in [0, 0.1) is 0 Å². The van der Waals surface area contributed by atoms with Gasteiger partial charge >= 0.3 is 0 Å². The van der Waals surface area contributed by atoms with Gasteiger partial charge in [0, 0.05) is 12.1 Å². The lowest BCUT2D eigenvalue weighted by molar-refractivity contribution is -0.318. The summed E-state index contributed by atoms with van der Waals surface area (Å²) in [5.41, 5.74) is 0.668. The van der Waals surface area contributed by atoms with Crippen LogP contribution in [-0.2, 0) is 14.2 Å². The standard InChI is InChI=1S/C28H34O14/c1-11-21(31)23(33)25(35)27(39-11)38-10-19-22(32)24(34)26(36)28(42-19)40-14-7-15(29)20-16(30)9-17(41-18(20)8-14)12-3-5-13(37-2)6-4-12/h3-8,11,17,19,21-29,31-36H,9-10H2,1-2H3/t11-,17+,19+,21-,22+,23+,24-,25+,26+,27+,28+/m0/s1. The van der Waals surface area contributed by atoms with E-state index in [1.807, 2.05) is 0 Å². The molecule has 230 valence electrons. The highest BCUT2D eigenvalue weighted by atomic mass is 16.7. The van der Waals surface area contributed by atoms with Crippen molar-refractivity contribution in [1.29, 1.82) is 0 Å². The molecule has 3 aliphatic rings. The highest BCUT2D eigenvalue weighted by Gasteiger charge is 2.47. The maximum atomic E-state index is 12.9. The highest BCUT2D eigenvalue weighted by molar-refractivity contribution is 6.02. The summed E-state index contributed by atoms with van der Waals surface area (Å²) in [7, 11) is 1.53. The molecule has 0 saturated carbocycles. The number of ketones is 1. The number of ether oxygens (including phenoxy) is 6. The summed E-state index contributed by atoms with van der Waals surface area (Å²) in [5, 5.41) is 72.1. The summed E-state index contributed by atoms with van der Waals surface area (Å²) < 4.78 is 33.4. The number of aromatic hydroxyl groups is 1. The molecular weight excluding hydrogens is 560 g/mol. The van der Waals surface area contributed by atoms with Gasteiger partial charge in [-0.2, -0.15) is 0 Å². The monoisotopic (exact) mass is 594 g/mol. The van der Waals surface area contributed by atoms with Gasteiger partial charge in [-0.3, -0.25) is 4.79 Å². The Bertz CT molecular complexity index is 1250. The molecule has 0 aliphatic carbocycles. The molecule has 2 saturated heterocycles. The van der Waals surface area contributed by atoms with Gasteiger partial charge in [-0.05, 0) is 24.6 Å². The third-order valence-electron chi connectivity index (χ3n) is 7.62. The molecule has 0 spiro atoms. The van der Waals surface area contributed by atoms with Crippen LogP contribution in [-0.4, -0.2) is 117 Å². The number of fused-ring (bicyclic) bond motifs is 1. The van der Waals surface area contributed by atoms with Crippen molar-refractivity contribution in [2.75, 3.05) is 13.7 Å². The zero-order valence-corrected chi connectivity index (χ0v) is 22.7. The van der Waals surface area contributed by atoms with Crippen LogP contribution in [0.2, 0.25) is 0 Å². The van der Waals surface area contributed by atoms with Gasteiger partial charge in [0.25, 0.3) is 0 Å². The zero-order chi connectivity index (χ0) is 30.3. The Morgan fingerprint density at radius 1 is 0.833 bits per heavy atom.